The van der Waals surface area contributed by atoms with Crippen molar-refractivity contribution in [3.05, 3.63) is 24.0 Å². The maximum atomic E-state index is 12.9. The molecule has 1 atom stereocenters. The summed E-state index contributed by atoms with van der Waals surface area (Å²) in [6.45, 7) is 1.26. The van der Waals surface area contributed by atoms with Gasteiger partial charge in [0, 0.05) is 6.07 Å². The highest BCUT2D eigenvalue weighted by Gasteiger charge is 2.23. The highest BCUT2D eigenvalue weighted by Crippen LogP contribution is 2.28. The van der Waals surface area contributed by atoms with Gasteiger partial charge in [-0.05, 0) is 12.1 Å². The molecule has 5 heteroatoms. The first-order chi connectivity index (χ1) is 7.29. The van der Waals surface area contributed by atoms with Crippen LogP contribution in [0.3, 0.4) is 0 Å². The zero-order chi connectivity index (χ0) is 10.7. The smallest absolute Gasteiger partial charge is 0.298 e. The fraction of sp³-hybridized carbons (Fsp3) is 0.300. The van der Waals surface area contributed by atoms with E-state index in [1.807, 2.05) is 0 Å². The Balaban J connectivity index is 2.08. The van der Waals surface area contributed by atoms with Gasteiger partial charge in [-0.25, -0.2) is 4.39 Å². The van der Waals surface area contributed by atoms with E-state index in [-0.39, 0.29) is 24.1 Å². The molecule has 0 spiro atoms. The van der Waals surface area contributed by atoms with Crippen LogP contribution < -0.4 is 9.47 Å². The molecule has 1 aromatic rings. The van der Waals surface area contributed by atoms with Crippen molar-refractivity contribution in [2.24, 2.45) is 0 Å². The van der Waals surface area contributed by atoms with E-state index in [2.05, 4.69) is 4.74 Å². The summed E-state index contributed by atoms with van der Waals surface area (Å²) in [5.41, 5.74) is 0. The number of hydrogen-bond acceptors (Lipinski definition) is 4. The van der Waals surface area contributed by atoms with E-state index in [0.29, 0.717) is 13.2 Å². The highest BCUT2D eigenvalue weighted by atomic mass is 19.1. The van der Waals surface area contributed by atoms with Crippen molar-refractivity contribution < 1.29 is 23.4 Å². The van der Waals surface area contributed by atoms with Gasteiger partial charge in [-0.2, -0.15) is 0 Å². The molecule has 0 amide bonds. The lowest BCUT2D eigenvalue weighted by Crippen LogP contribution is -2.05. The van der Waals surface area contributed by atoms with Gasteiger partial charge in [-0.3, -0.25) is 4.79 Å². The van der Waals surface area contributed by atoms with Crippen LogP contribution in [-0.4, -0.2) is 25.8 Å². The molecule has 1 unspecified atom stereocenters. The van der Waals surface area contributed by atoms with Crippen LogP contribution in [0, 0.1) is 5.82 Å². The number of epoxide rings is 1. The van der Waals surface area contributed by atoms with Gasteiger partial charge in [0.15, 0.2) is 11.5 Å². The average Bonchev–Trinajstić information content (AvgIpc) is 3.02. The zero-order valence-corrected chi connectivity index (χ0v) is 7.81. The molecule has 2 rings (SSSR count). The standard InChI is InChI=1S/C10H9FO4/c11-7-1-2-9(15-6-12)10(3-7)14-5-8-4-13-8/h1-3,6,8H,4-5H2. The van der Waals surface area contributed by atoms with E-state index in [1.165, 1.54) is 18.2 Å². The summed E-state index contributed by atoms with van der Waals surface area (Å²) in [6.07, 6.45) is 0.0670. The number of halogens is 1. The van der Waals surface area contributed by atoms with E-state index >= 15 is 0 Å². The maximum Gasteiger partial charge on any atom is 0.298 e. The molecule has 0 saturated carbocycles. The maximum absolute atomic E-state index is 12.9. The lowest BCUT2D eigenvalue weighted by molar-refractivity contribution is -0.120. The number of ether oxygens (including phenoxy) is 3. The molecule has 15 heavy (non-hydrogen) atoms. The molecule has 1 aromatic carbocycles. The van der Waals surface area contributed by atoms with Gasteiger partial charge in [0.1, 0.15) is 18.5 Å². The minimum absolute atomic E-state index is 0.0670. The third kappa shape index (κ3) is 2.66. The van der Waals surface area contributed by atoms with Crippen LogP contribution >= 0.6 is 0 Å². The summed E-state index contributed by atoms with van der Waals surface area (Å²) < 4.78 is 27.7. The van der Waals surface area contributed by atoms with Crippen LogP contribution in [0.15, 0.2) is 18.2 Å². The van der Waals surface area contributed by atoms with Gasteiger partial charge in [0.2, 0.25) is 0 Å². The fourth-order valence-electron chi connectivity index (χ4n) is 1.09. The van der Waals surface area contributed by atoms with Crippen LogP contribution in [-0.2, 0) is 9.53 Å². The van der Waals surface area contributed by atoms with Gasteiger partial charge in [-0.1, -0.05) is 0 Å². The monoisotopic (exact) mass is 212 g/mol. The van der Waals surface area contributed by atoms with Crippen LogP contribution in [0.1, 0.15) is 0 Å². The summed E-state index contributed by atoms with van der Waals surface area (Å²) in [5.74, 6) is -0.0374. The largest absolute Gasteiger partial charge is 0.487 e. The summed E-state index contributed by atoms with van der Waals surface area (Å²) in [5, 5.41) is 0. The van der Waals surface area contributed by atoms with Crippen LogP contribution in [0.2, 0.25) is 0 Å². The Kier molecular flexibility index (Phi) is 2.82. The molecule has 1 aliphatic rings. The minimum atomic E-state index is -0.444. The molecule has 1 aliphatic heterocycles. The van der Waals surface area contributed by atoms with Crippen molar-refractivity contribution in [2.75, 3.05) is 13.2 Å². The molecule has 80 valence electrons. The SMILES string of the molecule is O=COc1ccc(F)cc1OCC1CO1. The molecule has 1 fully saturated rings. The lowest BCUT2D eigenvalue weighted by Gasteiger charge is -2.08. The van der Waals surface area contributed by atoms with Crippen molar-refractivity contribution in [1.29, 1.82) is 0 Å². The van der Waals surface area contributed by atoms with Crippen LogP contribution in [0.5, 0.6) is 11.5 Å². The molecule has 4 nitrogen and oxygen atoms in total. The van der Waals surface area contributed by atoms with Crippen molar-refractivity contribution >= 4 is 6.47 Å². The first kappa shape index (κ1) is 9.92. The van der Waals surface area contributed by atoms with Gasteiger partial charge in [0.25, 0.3) is 6.47 Å². The average molecular weight is 212 g/mol. The third-order valence-electron chi connectivity index (χ3n) is 1.91. The molecular formula is C10H9FO4. The van der Waals surface area contributed by atoms with E-state index in [9.17, 15) is 9.18 Å². The molecule has 1 heterocycles. The van der Waals surface area contributed by atoms with Gasteiger partial charge >= 0.3 is 0 Å². The summed E-state index contributed by atoms with van der Waals surface area (Å²) in [4.78, 5) is 10.2. The van der Waals surface area contributed by atoms with Gasteiger partial charge < -0.3 is 14.2 Å². The van der Waals surface area contributed by atoms with Crippen LogP contribution in [0.25, 0.3) is 0 Å². The molecule has 0 bridgehead atoms. The van der Waals surface area contributed by atoms with Gasteiger partial charge in [-0.15, -0.1) is 0 Å². The summed E-state index contributed by atoms with van der Waals surface area (Å²) in [7, 11) is 0. The Hall–Kier alpha value is -1.62. The van der Waals surface area contributed by atoms with Crippen LogP contribution in [0.4, 0.5) is 4.39 Å². The number of carbonyl (C=O) groups excluding carboxylic acids is 1. The number of carbonyl (C=O) groups is 1. The highest BCUT2D eigenvalue weighted by molar-refractivity contribution is 5.50. The fourth-order valence-corrected chi connectivity index (χ4v) is 1.09. The topological polar surface area (TPSA) is 48.1 Å². The normalized spacial score (nSPS) is 18.3. The molecule has 0 N–H and O–H groups in total. The first-order valence-electron chi connectivity index (χ1n) is 4.44. The molecule has 0 aliphatic carbocycles. The third-order valence-corrected chi connectivity index (χ3v) is 1.91. The van der Waals surface area contributed by atoms with E-state index in [1.54, 1.807) is 0 Å². The Morgan fingerprint density at radius 3 is 3.00 bits per heavy atom. The Morgan fingerprint density at radius 2 is 2.33 bits per heavy atom. The lowest BCUT2D eigenvalue weighted by atomic mass is 10.3. The predicted molar refractivity (Wildman–Crippen MR) is 48.3 cm³/mol. The molecule has 0 aromatic heterocycles. The van der Waals surface area contributed by atoms with Gasteiger partial charge in [0.05, 0.1) is 6.61 Å². The van der Waals surface area contributed by atoms with Crippen molar-refractivity contribution in [1.82, 2.24) is 0 Å². The Morgan fingerprint density at radius 1 is 1.53 bits per heavy atom. The Bertz CT molecular complexity index is 362. The summed E-state index contributed by atoms with van der Waals surface area (Å²) in [6, 6.07) is 3.70. The van der Waals surface area contributed by atoms with Crippen molar-refractivity contribution in [2.45, 2.75) is 6.10 Å². The molecule has 1 saturated heterocycles. The van der Waals surface area contributed by atoms with E-state index < -0.39 is 5.82 Å². The summed E-state index contributed by atoms with van der Waals surface area (Å²) >= 11 is 0. The number of benzene rings is 1. The first-order valence-corrected chi connectivity index (χ1v) is 4.44. The second kappa shape index (κ2) is 4.27. The second-order valence-corrected chi connectivity index (χ2v) is 3.07. The minimum Gasteiger partial charge on any atom is -0.487 e. The molecular weight excluding hydrogens is 203 g/mol. The number of hydrogen-bond donors (Lipinski definition) is 0. The molecule has 0 radical (unpaired) electrons. The Labute approximate surface area is 85.6 Å². The van der Waals surface area contributed by atoms with Crippen molar-refractivity contribution in [3.63, 3.8) is 0 Å². The quantitative estimate of drug-likeness (QED) is 0.542. The number of rotatable bonds is 5. The zero-order valence-electron chi connectivity index (χ0n) is 7.81. The second-order valence-electron chi connectivity index (χ2n) is 3.07. The van der Waals surface area contributed by atoms with Crippen molar-refractivity contribution in [3.8, 4) is 11.5 Å². The van der Waals surface area contributed by atoms with E-state index in [0.717, 1.165) is 0 Å². The van der Waals surface area contributed by atoms with E-state index in [4.69, 9.17) is 9.47 Å². The predicted octanol–water partition coefficient (Wildman–Crippen LogP) is 1.14.